The van der Waals surface area contributed by atoms with Gasteiger partial charge in [-0.05, 0) is 30.2 Å². The number of nitrogens with one attached hydrogen (secondary N) is 1. The lowest BCUT2D eigenvalue weighted by atomic mass is 9.98. The molecule has 1 aromatic rings. The lowest BCUT2D eigenvalue weighted by Gasteiger charge is -2.24. The van der Waals surface area contributed by atoms with Crippen molar-refractivity contribution in [3.63, 3.8) is 0 Å². The van der Waals surface area contributed by atoms with Gasteiger partial charge in [0.25, 0.3) is 0 Å². The normalized spacial score (nSPS) is 20.7. The van der Waals surface area contributed by atoms with E-state index < -0.39 is 6.09 Å². The number of amides is 1. The standard InChI is InChI=1S/C11H12FNO2/c1-7-6-8(12)2-3-9(7)10-4-5-15-11(14)13-10/h2-3,6,10H,4-5H2,1H3,(H,13,14)/t10-/m1/s1. The number of carbonyl (C=O) groups excluding carboxylic acids is 1. The molecule has 1 heterocycles. The zero-order chi connectivity index (χ0) is 10.8. The van der Waals surface area contributed by atoms with Gasteiger partial charge in [-0.1, -0.05) is 6.07 Å². The Morgan fingerprint density at radius 3 is 3.00 bits per heavy atom. The third kappa shape index (κ3) is 2.09. The Morgan fingerprint density at radius 1 is 1.53 bits per heavy atom. The molecule has 1 aliphatic rings. The fraction of sp³-hybridized carbons (Fsp3) is 0.364. The minimum Gasteiger partial charge on any atom is -0.449 e. The van der Waals surface area contributed by atoms with Crippen molar-refractivity contribution in [2.24, 2.45) is 0 Å². The Bertz CT molecular complexity index is 392. The second-order valence-electron chi connectivity index (χ2n) is 3.62. The number of halogens is 1. The summed E-state index contributed by atoms with van der Waals surface area (Å²) in [7, 11) is 0. The molecule has 1 aromatic carbocycles. The smallest absolute Gasteiger partial charge is 0.407 e. The first kappa shape index (κ1) is 9.96. The van der Waals surface area contributed by atoms with E-state index in [0.717, 1.165) is 17.5 Å². The highest BCUT2D eigenvalue weighted by Crippen LogP contribution is 2.23. The van der Waals surface area contributed by atoms with Crippen molar-refractivity contribution in [3.05, 3.63) is 35.1 Å². The maximum absolute atomic E-state index is 12.9. The van der Waals surface area contributed by atoms with Gasteiger partial charge in [0.15, 0.2) is 0 Å². The van der Waals surface area contributed by atoms with Gasteiger partial charge in [0.2, 0.25) is 0 Å². The van der Waals surface area contributed by atoms with Gasteiger partial charge < -0.3 is 10.1 Å². The van der Waals surface area contributed by atoms with Crippen molar-refractivity contribution in [3.8, 4) is 0 Å². The largest absolute Gasteiger partial charge is 0.449 e. The molecule has 0 saturated carbocycles. The Labute approximate surface area is 87.2 Å². The van der Waals surface area contributed by atoms with Crippen LogP contribution in [-0.4, -0.2) is 12.7 Å². The molecule has 2 rings (SSSR count). The minimum absolute atomic E-state index is 0.0631. The monoisotopic (exact) mass is 209 g/mol. The van der Waals surface area contributed by atoms with E-state index in [2.05, 4.69) is 5.32 Å². The molecule has 0 unspecified atom stereocenters. The number of aryl methyl sites for hydroxylation is 1. The van der Waals surface area contributed by atoms with Crippen LogP contribution >= 0.6 is 0 Å². The van der Waals surface area contributed by atoms with Gasteiger partial charge >= 0.3 is 6.09 Å². The summed E-state index contributed by atoms with van der Waals surface area (Å²) < 4.78 is 17.6. The molecule has 0 spiro atoms. The van der Waals surface area contributed by atoms with Crippen molar-refractivity contribution in [2.75, 3.05) is 6.61 Å². The number of ether oxygens (including phenoxy) is 1. The van der Waals surface area contributed by atoms with Crippen LogP contribution in [0.4, 0.5) is 9.18 Å². The number of rotatable bonds is 1. The molecule has 1 atom stereocenters. The Morgan fingerprint density at radius 2 is 2.33 bits per heavy atom. The molecule has 80 valence electrons. The van der Waals surface area contributed by atoms with Crippen LogP contribution in [0.25, 0.3) is 0 Å². The molecule has 15 heavy (non-hydrogen) atoms. The van der Waals surface area contributed by atoms with Crippen LogP contribution in [0.2, 0.25) is 0 Å². The van der Waals surface area contributed by atoms with E-state index in [0.29, 0.717) is 6.61 Å². The van der Waals surface area contributed by atoms with Gasteiger partial charge in [-0.3, -0.25) is 0 Å². The van der Waals surface area contributed by atoms with E-state index in [-0.39, 0.29) is 11.9 Å². The second kappa shape index (κ2) is 3.88. The van der Waals surface area contributed by atoms with Crippen LogP contribution < -0.4 is 5.32 Å². The first-order chi connectivity index (χ1) is 7.16. The Hall–Kier alpha value is -1.58. The average molecular weight is 209 g/mol. The van der Waals surface area contributed by atoms with Crippen molar-refractivity contribution in [2.45, 2.75) is 19.4 Å². The lowest BCUT2D eigenvalue weighted by Crippen LogP contribution is -2.35. The number of benzene rings is 1. The number of alkyl carbamates (subject to hydrolysis) is 1. The second-order valence-corrected chi connectivity index (χ2v) is 3.62. The maximum atomic E-state index is 12.9. The number of cyclic esters (lactones) is 1. The zero-order valence-electron chi connectivity index (χ0n) is 8.42. The van der Waals surface area contributed by atoms with E-state index in [1.165, 1.54) is 12.1 Å². The van der Waals surface area contributed by atoms with E-state index in [9.17, 15) is 9.18 Å². The molecule has 0 aliphatic carbocycles. The SMILES string of the molecule is Cc1cc(F)ccc1[C@H]1CCOC(=O)N1. The van der Waals surface area contributed by atoms with Crippen LogP contribution in [0.1, 0.15) is 23.6 Å². The zero-order valence-corrected chi connectivity index (χ0v) is 8.42. The van der Waals surface area contributed by atoms with E-state index in [1.807, 2.05) is 6.92 Å². The third-order valence-electron chi connectivity index (χ3n) is 2.54. The fourth-order valence-electron chi connectivity index (χ4n) is 1.79. The van der Waals surface area contributed by atoms with Gasteiger partial charge in [-0.15, -0.1) is 0 Å². The first-order valence-corrected chi connectivity index (χ1v) is 4.86. The van der Waals surface area contributed by atoms with Crippen LogP contribution in [-0.2, 0) is 4.74 Å². The van der Waals surface area contributed by atoms with Crippen LogP contribution in [0.5, 0.6) is 0 Å². The molecule has 1 amide bonds. The number of carbonyl (C=O) groups is 1. The molecule has 1 aliphatic heterocycles. The topological polar surface area (TPSA) is 38.3 Å². The summed E-state index contributed by atoms with van der Waals surface area (Å²) in [5, 5.41) is 2.71. The predicted octanol–water partition coefficient (Wildman–Crippen LogP) is 2.31. The summed E-state index contributed by atoms with van der Waals surface area (Å²) in [4.78, 5) is 11.0. The molecule has 1 N–H and O–H groups in total. The summed E-state index contributed by atoms with van der Waals surface area (Å²) >= 11 is 0. The summed E-state index contributed by atoms with van der Waals surface area (Å²) in [6.45, 7) is 2.24. The molecule has 1 fully saturated rings. The Kier molecular flexibility index (Phi) is 2.58. The molecule has 3 nitrogen and oxygen atoms in total. The van der Waals surface area contributed by atoms with Gasteiger partial charge in [-0.25, -0.2) is 9.18 Å². The average Bonchev–Trinajstić information content (AvgIpc) is 2.17. The minimum atomic E-state index is -0.407. The fourth-order valence-corrected chi connectivity index (χ4v) is 1.79. The van der Waals surface area contributed by atoms with E-state index >= 15 is 0 Å². The third-order valence-corrected chi connectivity index (χ3v) is 2.54. The van der Waals surface area contributed by atoms with E-state index in [1.54, 1.807) is 6.07 Å². The first-order valence-electron chi connectivity index (χ1n) is 4.86. The van der Waals surface area contributed by atoms with Crippen molar-refractivity contribution in [1.29, 1.82) is 0 Å². The van der Waals surface area contributed by atoms with Crippen LogP contribution in [0, 0.1) is 12.7 Å². The number of hydrogen-bond acceptors (Lipinski definition) is 2. The molecule has 0 aromatic heterocycles. The molecule has 4 heteroatoms. The molecular formula is C11H12FNO2. The van der Waals surface area contributed by atoms with Gasteiger partial charge in [0, 0.05) is 6.42 Å². The highest BCUT2D eigenvalue weighted by Gasteiger charge is 2.21. The maximum Gasteiger partial charge on any atom is 0.407 e. The quantitative estimate of drug-likeness (QED) is 0.770. The Balaban J connectivity index is 2.24. The van der Waals surface area contributed by atoms with Gasteiger partial charge in [0.05, 0.1) is 12.6 Å². The predicted molar refractivity (Wildman–Crippen MR) is 53.0 cm³/mol. The summed E-state index contributed by atoms with van der Waals surface area (Å²) in [6.07, 6.45) is 0.313. The lowest BCUT2D eigenvalue weighted by molar-refractivity contribution is 0.115. The summed E-state index contributed by atoms with van der Waals surface area (Å²) in [6, 6.07) is 4.52. The summed E-state index contributed by atoms with van der Waals surface area (Å²) in [5.41, 5.74) is 1.80. The summed E-state index contributed by atoms with van der Waals surface area (Å²) in [5.74, 6) is -0.255. The van der Waals surface area contributed by atoms with Crippen molar-refractivity contribution in [1.82, 2.24) is 5.32 Å². The van der Waals surface area contributed by atoms with Gasteiger partial charge in [0.1, 0.15) is 5.82 Å². The highest BCUT2D eigenvalue weighted by atomic mass is 19.1. The van der Waals surface area contributed by atoms with Crippen molar-refractivity contribution < 1.29 is 13.9 Å². The van der Waals surface area contributed by atoms with Gasteiger partial charge in [-0.2, -0.15) is 0 Å². The number of hydrogen-bond donors (Lipinski definition) is 1. The molecule has 0 radical (unpaired) electrons. The van der Waals surface area contributed by atoms with Crippen molar-refractivity contribution >= 4 is 6.09 Å². The molecule has 0 bridgehead atoms. The molecular weight excluding hydrogens is 197 g/mol. The van der Waals surface area contributed by atoms with E-state index in [4.69, 9.17) is 4.74 Å². The van der Waals surface area contributed by atoms with Crippen LogP contribution in [0.3, 0.4) is 0 Å². The van der Waals surface area contributed by atoms with Crippen LogP contribution in [0.15, 0.2) is 18.2 Å². The molecule has 1 saturated heterocycles. The highest BCUT2D eigenvalue weighted by molar-refractivity contribution is 5.68.